The van der Waals surface area contributed by atoms with Crippen molar-refractivity contribution in [3.05, 3.63) is 77.1 Å². The highest BCUT2D eigenvalue weighted by Gasteiger charge is 2.69. The highest BCUT2D eigenvalue weighted by atomic mass is 19.1. The minimum absolute atomic E-state index is 0.00274. The molecule has 8 atom stereocenters. The predicted octanol–water partition coefficient (Wildman–Crippen LogP) is 5.56. The van der Waals surface area contributed by atoms with Crippen LogP contribution in [0, 0.1) is 29.5 Å². The highest BCUT2D eigenvalue weighted by molar-refractivity contribution is 6.06. The molecule has 1 N–H and O–H groups in total. The van der Waals surface area contributed by atoms with Gasteiger partial charge in [0.1, 0.15) is 18.7 Å². The Bertz CT molecular complexity index is 1330. The van der Waals surface area contributed by atoms with Gasteiger partial charge in [-0.1, -0.05) is 56.3 Å². The molecule has 2 aromatic rings. The molecule has 0 aromatic heterocycles. The molecule has 1 amide bonds. The van der Waals surface area contributed by atoms with Crippen molar-refractivity contribution in [1.82, 2.24) is 5.32 Å². The second kappa shape index (κ2) is 11.6. The van der Waals surface area contributed by atoms with E-state index in [1.807, 2.05) is 6.92 Å². The molecule has 1 spiro atoms. The summed E-state index contributed by atoms with van der Waals surface area (Å²) in [5.74, 6) is -0.771. The van der Waals surface area contributed by atoms with Gasteiger partial charge in [-0.25, -0.2) is 14.2 Å². The number of halogens is 1. The van der Waals surface area contributed by atoms with Crippen molar-refractivity contribution < 1.29 is 38.0 Å². The van der Waals surface area contributed by atoms with E-state index < -0.39 is 23.9 Å². The van der Waals surface area contributed by atoms with Crippen LogP contribution in [0.25, 0.3) is 6.08 Å². The number of fused-ring (bicyclic) bond motifs is 2. The molecule has 2 bridgehead atoms. The number of hydrogen-bond donors (Lipinski definition) is 1. The first-order valence-corrected chi connectivity index (χ1v) is 14.8. The number of nitrogens with one attached hydrogen (secondary N) is 1. The number of amides is 1. The van der Waals surface area contributed by atoms with E-state index >= 15 is 0 Å². The molecule has 4 saturated heterocycles. The van der Waals surface area contributed by atoms with E-state index in [1.54, 1.807) is 42.5 Å². The number of carbonyl (C=O) groups is 2. The Morgan fingerprint density at radius 3 is 2.55 bits per heavy atom. The van der Waals surface area contributed by atoms with Gasteiger partial charge in [-0.3, -0.25) is 9.59 Å². The van der Waals surface area contributed by atoms with Crippen molar-refractivity contribution in [3.63, 3.8) is 0 Å². The van der Waals surface area contributed by atoms with Gasteiger partial charge in [0.25, 0.3) is 0 Å². The van der Waals surface area contributed by atoms with E-state index in [1.165, 1.54) is 18.2 Å². The number of rotatable bonds is 8. The van der Waals surface area contributed by atoms with Crippen molar-refractivity contribution in [3.8, 4) is 0 Å². The summed E-state index contributed by atoms with van der Waals surface area (Å²) < 4.78 is 31.5. The lowest BCUT2D eigenvalue weighted by molar-refractivity contribution is -0.571. The lowest BCUT2D eigenvalue weighted by Crippen LogP contribution is -2.72. The Labute approximate surface area is 245 Å². The first-order chi connectivity index (χ1) is 20.2. The summed E-state index contributed by atoms with van der Waals surface area (Å²) >= 11 is 0. The monoisotopic (exact) mass is 579 g/mol. The van der Waals surface area contributed by atoms with E-state index in [0.717, 1.165) is 36.8 Å². The molecular weight excluding hydrogens is 541 g/mol. The summed E-state index contributed by atoms with van der Waals surface area (Å²) in [6, 6.07) is 12.9. The van der Waals surface area contributed by atoms with Crippen LogP contribution in [0.15, 0.2) is 54.6 Å². The van der Waals surface area contributed by atoms with Gasteiger partial charge < -0.3 is 19.5 Å². The zero-order valence-corrected chi connectivity index (χ0v) is 24.2. The molecule has 5 aliphatic rings. The molecular formula is C33H38FNO7. The summed E-state index contributed by atoms with van der Waals surface area (Å²) in [6.07, 6.45) is 5.68. The van der Waals surface area contributed by atoms with Gasteiger partial charge in [-0.2, -0.15) is 0 Å². The average Bonchev–Trinajstić information content (AvgIpc) is 3.21. The Morgan fingerprint density at radius 1 is 1.02 bits per heavy atom. The zero-order chi connectivity index (χ0) is 29.5. The largest absolute Gasteiger partial charge is 0.367 e. The van der Waals surface area contributed by atoms with E-state index in [9.17, 15) is 14.0 Å². The fourth-order valence-electron chi connectivity index (χ4n) is 7.14. The number of ketones is 1. The quantitative estimate of drug-likeness (QED) is 0.249. The molecule has 0 unspecified atom stereocenters. The van der Waals surface area contributed by atoms with Crippen LogP contribution in [-0.2, 0) is 35.4 Å². The van der Waals surface area contributed by atoms with E-state index in [-0.39, 0.29) is 48.5 Å². The molecule has 8 nitrogen and oxygen atoms in total. The maximum Gasteiger partial charge on any atom is 0.248 e. The Morgan fingerprint density at radius 2 is 1.79 bits per heavy atom. The van der Waals surface area contributed by atoms with Crippen LogP contribution in [0.5, 0.6) is 0 Å². The minimum atomic E-state index is -0.866. The fraction of sp³-hybridized carbons (Fsp3) is 0.515. The Kier molecular flexibility index (Phi) is 8.06. The lowest BCUT2D eigenvalue weighted by atomic mass is 9.58. The van der Waals surface area contributed by atoms with Crippen molar-refractivity contribution >= 4 is 17.8 Å². The standard InChI is InChI=1S/C33H38FNO7/c1-20-4-14-27-21(2)30(39-31-33(27)26(20)16-17-32(3,40-31)41-42-33)35-29(37)19-38-18-23-5-10-24(11-6-23)28(36)15-9-22-7-12-25(34)13-8-22/h5-13,15,20-21,26-27,30-31H,4,14,16-19H2,1-3H3,(H,35,37)/b15-9+/t20-,21-,26+,27+,30+,31-,32-,33-/m1/s1. The van der Waals surface area contributed by atoms with Gasteiger partial charge in [0.05, 0.1) is 6.61 Å². The zero-order valence-electron chi connectivity index (χ0n) is 24.2. The number of benzene rings is 2. The number of hydrogen-bond acceptors (Lipinski definition) is 7. The molecule has 4 heterocycles. The Balaban J connectivity index is 1.02. The summed E-state index contributed by atoms with van der Waals surface area (Å²) in [5.41, 5.74) is 1.42. The lowest BCUT2D eigenvalue weighted by Gasteiger charge is -2.60. The third kappa shape index (κ3) is 5.56. The molecule has 1 aliphatic carbocycles. The summed E-state index contributed by atoms with van der Waals surface area (Å²) in [6.45, 7) is 6.33. The normalized spacial score (nSPS) is 35.4. The van der Waals surface area contributed by atoms with Crippen LogP contribution < -0.4 is 5.32 Å². The average molecular weight is 580 g/mol. The summed E-state index contributed by atoms with van der Waals surface area (Å²) in [4.78, 5) is 37.4. The highest BCUT2D eigenvalue weighted by Crippen LogP contribution is 2.60. The third-order valence-electron chi connectivity index (χ3n) is 9.50. The SMILES string of the molecule is C[C@H]1[C@@H](NC(=O)COCc2ccc(C(=O)/C=C/c3ccc(F)cc3)cc2)O[C@@H]2O[C@@]3(C)CC[C@H]4[C@H](C)CC[C@@H]1[C@@]24OO3. The van der Waals surface area contributed by atoms with Crippen molar-refractivity contribution in [2.24, 2.45) is 23.7 Å². The third-order valence-corrected chi connectivity index (χ3v) is 9.50. The smallest absolute Gasteiger partial charge is 0.248 e. The summed E-state index contributed by atoms with van der Waals surface area (Å²) in [5, 5.41) is 3.01. The first-order valence-electron chi connectivity index (χ1n) is 14.8. The van der Waals surface area contributed by atoms with Crippen molar-refractivity contribution in [2.75, 3.05) is 6.61 Å². The van der Waals surface area contributed by atoms with Crippen LogP contribution in [0.4, 0.5) is 4.39 Å². The van der Waals surface area contributed by atoms with E-state index in [2.05, 4.69) is 19.2 Å². The van der Waals surface area contributed by atoms with Crippen molar-refractivity contribution in [1.29, 1.82) is 0 Å². The van der Waals surface area contributed by atoms with E-state index in [0.29, 0.717) is 11.5 Å². The van der Waals surface area contributed by atoms with Crippen LogP contribution in [0.1, 0.15) is 67.9 Å². The van der Waals surface area contributed by atoms with Crippen LogP contribution in [0.3, 0.4) is 0 Å². The number of carbonyl (C=O) groups excluding carboxylic acids is 2. The molecule has 0 radical (unpaired) electrons. The van der Waals surface area contributed by atoms with Crippen LogP contribution in [0.2, 0.25) is 0 Å². The summed E-state index contributed by atoms with van der Waals surface area (Å²) in [7, 11) is 0. The minimum Gasteiger partial charge on any atom is -0.367 e. The number of ether oxygens (including phenoxy) is 3. The van der Waals surface area contributed by atoms with Gasteiger partial charge in [0.15, 0.2) is 17.7 Å². The molecule has 9 heteroatoms. The van der Waals surface area contributed by atoms with Crippen molar-refractivity contribution in [2.45, 2.75) is 77.0 Å². The maximum absolute atomic E-state index is 13.1. The van der Waals surface area contributed by atoms with Gasteiger partial charge in [0.2, 0.25) is 11.7 Å². The molecule has 2 aromatic carbocycles. The van der Waals surface area contributed by atoms with Gasteiger partial charge >= 0.3 is 0 Å². The second-order valence-electron chi connectivity index (χ2n) is 12.3. The molecule has 5 fully saturated rings. The molecule has 224 valence electrons. The fourth-order valence-corrected chi connectivity index (χ4v) is 7.14. The maximum atomic E-state index is 13.1. The topological polar surface area (TPSA) is 92.3 Å². The van der Waals surface area contributed by atoms with Crippen LogP contribution >= 0.6 is 0 Å². The first kappa shape index (κ1) is 29.1. The predicted molar refractivity (Wildman–Crippen MR) is 151 cm³/mol. The molecule has 7 rings (SSSR count). The van der Waals surface area contributed by atoms with Gasteiger partial charge in [-0.05, 0) is 67.4 Å². The Hall–Kier alpha value is -2.95. The number of allylic oxidation sites excluding steroid dienone is 1. The second-order valence-corrected chi connectivity index (χ2v) is 12.3. The van der Waals surface area contributed by atoms with Crippen LogP contribution in [-0.4, -0.2) is 42.2 Å². The molecule has 4 aliphatic heterocycles. The van der Waals surface area contributed by atoms with Gasteiger partial charge in [-0.15, -0.1) is 0 Å². The molecule has 42 heavy (non-hydrogen) atoms. The molecule has 1 saturated carbocycles. The van der Waals surface area contributed by atoms with Gasteiger partial charge in [0, 0.05) is 23.8 Å². The van der Waals surface area contributed by atoms with E-state index in [4.69, 9.17) is 24.0 Å².